The van der Waals surface area contributed by atoms with Crippen LogP contribution in [0.5, 0.6) is 0 Å². The zero-order valence-corrected chi connectivity index (χ0v) is 12.4. The number of nitrogens with one attached hydrogen (secondary N) is 2. The lowest BCUT2D eigenvalue weighted by Crippen LogP contribution is -2.43. The number of aliphatic carboxylic acids is 1. The van der Waals surface area contributed by atoms with Crippen molar-refractivity contribution < 1.29 is 23.1 Å². The second-order valence-corrected chi connectivity index (χ2v) is 7.53. The van der Waals surface area contributed by atoms with Gasteiger partial charge in [-0.25, -0.2) is 13.2 Å². The molecule has 0 aliphatic carbocycles. The highest BCUT2D eigenvalue weighted by molar-refractivity contribution is 7.90. The zero-order chi connectivity index (χ0) is 15.2. The number of piperidine rings is 1. The lowest BCUT2D eigenvalue weighted by molar-refractivity contribution is -0.142. The first-order chi connectivity index (χ1) is 9.28. The Balaban J connectivity index is 2.43. The molecule has 8 heteroatoms. The second kappa shape index (κ2) is 7.58. The quantitative estimate of drug-likeness (QED) is 0.578. The lowest BCUT2D eigenvalue weighted by atomic mass is 9.94. The van der Waals surface area contributed by atoms with E-state index >= 15 is 0 Å². The number of rotatable bonds is 7. The van der Waals surface area contributed by atoms with Gasteiger partial charge >= 0.3 is 5.97 Å². The number of carboxylic acids is 1. The SMILES string of the molecule is CS(=O)(=O)CCC(NC(=O)CC1CCNCC1)C(=O)O. The molecule has 1 saturated heterocycles. The maximum Gasteiger partial charge on any atom is 0.326 e. The van der Waals surface area contributed by atoms with Crippen molar-refractivity contribution in [1.29, 1.82) is 0 Å². The Kier molecular flexibility index (Phi) is 6.41. The maximum absolute atomic E-state index is 11.8. The van der Waals surface area contributed by atoms with Gasteiger partial charge in [-0.1, -0.05) is 0 Å². The van der Waals surface area contributed by atoms with Crippen molar-refractivity contribution in [2.75, 3.05) is 25.1 Å². The van der Waals surface area contributed by atoms with Gasteiger partial charge < -0.3 is 15.7 Å². The molecule has 3 N–H and O–H groups in total. The molecule has 0 aromatic carbocycles. The molecular formula is C12H22N2O5S. The average Bonchev–Trinajstić information content (AvgIpc) is 2.34. The molecule has 20 heavy (non-hydrogen) atoms. The number of carbonyl (C=O) groups is 2. The summed E-state index contributed by atoms with van der Waals surface area (Å²) in [6.45, 7) is 1.74. The molecule has 1 aliphatic heterocycles. The van der Waals surface area contributed by atoms with Crippen LogP contribution in [-0.4, -0.2) is 56.5 Å². The van der Waals surface area contributed by atoms with E-state index in [-0.39, 0.29) is 24.0 Å². The van der Waals surface area contributed by atoms with Crippen LogP contribution in [0.25, 0.3) is 0 Å². The highest BCUT2D eigenvalue weighted by atomic mass is 32.2. The number of carboxylic acid groups (broad SMARTS) is 1. The van der Waals surface area contributed by atoms with Gasteiger partial charge in [0.1, 0.15) is 15.9 Å². The molecule has 116 valence electrons. The van der Waals surface area contributed by atoms with Crippen molar-refractivity contribution in [3.63, 3.8) is 0 Å². The van der Waals surface area contributed by atoms with Crippen LogP contribution in [0.1, 0.15) is 25.7 Å². The summed E-state index contributed by atoms with van der Waals surface area (Å²) in [6, 6.07) is -1.14. The molecule has 1 unspecified atom stereocenters. The van der Waals surface area contributed by atoms with Gasteiger partial charge in [-0.3, -0.25) is 4.79 Å². The fraction of sp³-hybridized carbons (Fsp3) is 0.833. The van der Waals surface area contributed by atoms with E-state index in [0.717, 1.165) is 32.2 Å². The fourth-order valence-electron chi connectivity index (χ4n) is 2.19. The maximum atomic E-state index is 11.8. The molecule has 1 atom stereocenters. The minimum absolute atomic E-state index is 0.105. The van der Waals surface area contributed by atoms with Crippen LogP contribution in [0.4, 0.5) is 0 Å². The molecule has 1 rings (SSSR count). The van der Waals surface area contributed by atoms with Crippen molar-refractivity contribution in [2.24, 2.45) is 5.92 Å². The molecule has 0 aromatic heterocycles. The van der Waals surface area contributed by atoms with E-state index in [1.54, 1.807) is 0 Å². The van der Waals surface area contributed by atoms with E-state index in [1.165, 1.54) is 0 Å². The molecular weight excluding hydrogens is 284 g/mol. The average molecular weight is 306 g/mol. The van der Waals surface area contributed by atoms with Crippen molar-refractivity contribution >= 4 is 21.7 Å². The molecule has 0 saturated carbocycles. The Morgan fingerprint density at radius 2 is 1.95 bits per heavy atom. The van der Waals surface area contributed by atoms with E-state index < -0.39 is 21.8 Å². The molecule has 7 nitrogen and oxygen atoms in total. The smallest absolute Gasteiger partial charge is 0.326 e. The molecule has 1 heterocycles. The summed E-state index contributed by atoms with van der Waals surface area (Å²) in [5.74, 6) is -1.51. The fourth-order valence-corrected chi connectivity index (χ4v) is 2.85. The first kappa shape index (κ1) is 16.9. The molecule has 0 aromatic rings. The monoisotopic (exact) mass is 306 g/mol. The standard InChI is InChI=1S/C12H22N2O5S/c1-20(18,19)7-4-10(12(16)17)14-11(15)8-9-2-5-13-6-3-9/h9-10,13H,2-8H2,1H3,(H,14,15)(H,16,17). The number of carbonyl (C=O) groups excluding carboxylic acids is 1. The van der Waals surface area contributed by atoms with Crippen LogP contribution in [0.15, 0.2) is 0 Å². The van der Waals surface area contributed by atoms with Crippen LogP contribution in [0.2, 0.25) is 0 Å². The van der Waals surface area contributed by atoms with Crippen LogP contribution in [0.3, 0.4) is 0 Å². The topological polar surface area (TPSA) is 113 Å². The Morgan fingerprint density at radius 3 is 2.45 bits per heavy atom. The Bertz CT molecular complexity index is 443. The summed E-state index contributed by atoms with van der Waals surface area (Å²) in [7, 11) is -3.24. The summed E-state index contributed by atoms with van der Waals surface area (Å²) in [5.41, 5.74) is 0. The van der Waals surface area contributed by atoms with Gasteiger partial charge in [0.15, 0.2) is 0 Å². The third-order valence-electron chi connectivity index (χ3n) is 3.34. The number of sulfone groups is 1. The van der Waals surface area contributed by atoms with Gasteiger partial charge in [0.2, 0.25) is 5.91 Å². The van der Waals surface area contributed by atoms with E-state index in [0.29, 0.717) is 6.42 Å². The molecule has 0 radical (unpaired) electrons. The van der Waals surface area contributed by atoms with Gasteiger partial charge in [-0.15, -0.1) is 0 Å². The van der Waals surface area contributed by atoms with Gasteiger partial charge in [0.25, 0.3) is 0 Å². The largest absolute Gasteiger partial charge is 0.480 e. The molecule has 1 fully saturated rings. The van der Waals surface area contributed by atoms with Crippen molar-refractivity contribution in [1.82, 2.24) is 10.6 Å². The van der Waals surface area contributed by atoms with Gasteiger partial charge in [0.05, 0.1) is 5.75 Å². The minimum Gasteiger partial charge on any atom is -0.480 e. The summed E-state index contributed by atoms with van der Waals surface area (Å²) < 4.78 is 22.1. The molecule has 1 amide bonds. The van der Waals surface area contributed by atoms with E-state index in [1.807, 2.05) is 0 Å². The Hall–Kier alpha value is -1.15. The lowest BCUT2D eigenvalue weighted by Gasteiger charge is -2.23. The first-order valence-electron chi connectivity index (χ1n) is 6.68. The van der Waals surface area contributed by atoms with Gasteiger partial charge in [-0.2, -0.15) is 0 Å². The minimum atomic E-state index is -3.24. The van der Waals surface area contributed by atoms with Crippen molar-refractivity contribution in [3.8, 4) is 0 Å². The number of hydrogen-bond acceptors (Lipinski definition) is 5. The number of amides is 1. The highest BCUT2D eigenvalue weighted by Gasteiger charge is 2.23. The first-order valence-corrected chi connectivity index (χ1v) is 8.74. The Morgan fingerprint density at radius 1 is 1.35 bits per heavy atom. The van der Waals surface area contributed by atoms with Crippen molar-refractivity contribution in [3.05, 3.63) is 0 Å². The highest BCUT2D eigenvalue weighted by Crippen LogP contribution is 2.15. The van der Waals surface area contributed by atoms with E-state index in [4.69, 9.17) is 5.11 Å². The molecule has 0 spiro atoms. The summed E-state index contributed by atoms with van der Waals surface area (Å²) >= 11 is 0. The van der Waals surface area contributed by atoms with E-state index in [2.05, 4.69) is 10.6 Å². The molecule has 1 aliphatic rings. The number of hydrogen-bond donors (Lipinski definition) is 3. The summed E-state index contributed by atoms with van der Waals surface area (Å²) in [6.07, 6.45) is 3.03. The van der Waals surface area contributed by atoms with Crippen LogP contribution in [0, 0.1) is 5.92 Å². The van der Waals surface area contributed by atoms with Gasteiger partial charge in [-0.05, 0) is 38.3 Å². The summed E-state index contributed by atoms with van der Waals surface area (Å²) in [5, 5.41) is 14.6. The predicted octanol–water partition coefficient (Wildman–Crippen LogP) is -0.620. The van der Waals surface area contributed by atoms with E-state index in [9.17, 15) is 18.0 Å². The van der Waals surface area contributed by atoms with Crippen LogP contribution >= 0.6 is 0 Å². The predicted molar refractivity (Wildman–Crippen MR) is 74.1 cm³/mol. The van der Waals surface area contributed by atoms with Crippen LogP contribution in [-0.2, 0) is 19.4 Å². The van der Waals surface area contributed by atoms with Crippen LogP contribution < -0.4 is 10.6 Å². The third-order valence-corrected chi connectivity index (χ3v) is 4.32. The van der Waals surface area contributed by atoms with Gasteiger partial charge in [0, 0.05) is 12.7 Å². The third kappa shape index (κ3) is 6.85. The normalized spacial score (nSPS) is 18.4. The second-order valence-electron chi connectivity index (χ2n) is 5.27. The zero-order valence-electron chi connectivity index (χ0n) is 11.6. The summed E-state index contributed by atoms with van der Waals surface area (Å²) in [4.78, 5) is 22.8. The van der Waals surface area contributed by atoms with Crippen molar-refractivity contribution in [2.45, 2.75) is 31.7 Å². The Labute approximate surface area is 119 Å². The molecule has 0 bridgehead atoms.